The second-order valence-electron chi connectivity index (χ2n) is 12.0. The first-order valence-electron chi connectivity index (χ1n) is 12.7. The van der Waals surface area contributed by atoms with Crippen molar-refractivity contribution in [1.29, 1.82) is 0 Å². The maximum absolute atomic E-state index is 13.4. The van der Waals surface area contributed by atoms with Gasteiger partial charge in [0.15, 0.2) is 5.79 Å². The molecular weight excluding hydrogens is 444 g/mol. The van der Waals surface area contributed by atoms with E-state index in [4.69, 9.17) is 14.2 Å². The van der Waals surface area contributed by atoms with Crippen LogP contribution in [0.25, 0.3) is 0 Å². The summed E-state index contributed by atoms with van der Waals surface area (Å²) in [6, 6.07) is 8.87. The normalized spacial score (nSPS) is 41.4. The summed E-state index contributed by atoms with van der Waals surface area (Å²) < 4.78 is 19.4. The maximum Gasteiger partial charge on any atom is 0.338 e. The average molecular weight is 483 g/mol. The Morgan fingerprint density at radius 2 is 1.77 bits per heavy atom. The summed E-state index contributed by atoms with van der Waals surface area (Å²) in [5.41, 5.74) is -0.757. The standard InChI is InChI=1S/C29H38O6/c1-17-20(30)16-29(32)23(33-25(31)18-12-8-7-9-13-18)19-14-10-11-15-28(19,6)24-22(21(17)26(29,2)3)34-27(4,5)35-24/h7-10,12-14,19-20,22-24,30,32H,11,15-16H2,1-6H3/t19-,20-,22+,23-,24-,28+,29+/m0/s1. The van der Waals surface area contributed by atoms with Gasteiger partial charge in [-0.3, -0.25) is 0 Å². The van der Waals surface area contributed by atoms with Gasteiger partial charge >= 0.3 is 5.97 Å². The van der Waals surface area contributed by atoms with Gasteiger partial charge in [-0.25, -0.2) is 4.79 Å². The van der Waals surface area contributed by atoms with Crippen molar-refractivity contribution >= 4 is 5.97 Å². The van der Waals surface area contributed by atoms with E-state index >= 15 is 0 Å². The number of fused-ring (bicyclic) bond motifs is 6. The first kappa shape index (κ1) is 24.7. The molecule has 1 aliphatic heterocycles. The first-order chi connectivity index (χ1) is 16.3. The Morgan fingerprint density at radius 3 is 2.46 bits per heavy atom. The molecular formula is C29H38O6. The summed E-state index contributed by atoms with van der Waals surface area (Å²) in [6.07, 6.45) is 3.39. The minimum atomic E-state index is -1.53. The molecule has 0 spiro atoms. The number of carbonyl (C=O) groups is 1. The van der Waals surface area contributed by atoms with Crippen LogP contribution < -0.4 is 0 Å². The smallest absolute Gasteiger partial charge is 0.338 e. The quantitative estimate of drug-likeness (QED) is 0.475. The van der Waals surface area contributed by atoms with Crippen molar-refractivity contribution < 1.29 is 29.2 Å². The van der Waals surface area contributed by atoms with Crippen LogP contribution in [0.2, 0.25) is 0 Å². The molecule has 0 unspecified atom stereocenters. The number of rotatable bonds is 2. The summed E-state index contributed by atoms with van der Waals surface area (Å²) in [5.74, 6) is -1.64. The second-order valence-corrected chi connectivity index (χ2v) is 12.0. The van der Waals surface area contributed by atoms with Crippen molar-refractivity contribution in [2.75, 3.05) is 0 Å². The Labute approximate surface area is 208 Å². The molecule has 4 aliphatic rings. The van der Waals surface area contributed by atoms with E-state index in [9.17, 15) is 15.0 Å². The third-order valence-corrected chi connectivity index (χ3v) is 9.21. The van der Waals surface area contributed by atoms with Crippen molar-refractivity contribution in [1.82, 2.24) is 0 Å². The zero-order valence-electron chi connectivity index (χ0n) is 21.6. The lowest BCUT2D eigenvalue weighted by molar-refractivity contribution is -0.208. The van der Waals surface area contributed by atoms with Crippen molar-refractivity contribution in [3.63, 3.8) is 0 Å². The molecule has 6 heteroatoms. The minimum Gasteiger partial charge on any atom is -0.455 e. The van der Waals surface area contributed by atoms with Gasteiger partial charge in [0.25, 0.3) is 0 Å². The number of carbonyl (C=O) groups excluding carboxylic acids is 1. The zero-order valence-corrected chi connectivity index (χ0v) is 21.6. The molecule has 2 bridgehead atoms. The number of aliphatic hydroxyl groups is 2. The Morgan fingerprint density at radius 1 is 1.09 bits per heavy atom. The summed E-state index contributed by atoms with van der Waals surface area (Å²) in [5, 5.41) is 23.8. The molecule has 1 saturated heterocycles. The molecule has 5 rings (SSSR count). The van der Waals surface area contributed by atoms with Crippen LogP contribution in [0.3, 0.4) is 0 Å². The fraction of sp³-hybridized carbons (Fsp3) is 0.621. The van der Waals surface area contributed by atoms with Crippen LogP contribution in [-0.2, 0) is 14.2 Å². The minimum absolute atomic E-state index is 0.0735. The number of ether oxygens (including phenoxy) is 3. The first-order valence-corrected chi connectivity index (χ1v) is 12.7. The lowest BCUT2D eigenvalue weighted by atomic mass is 9.49. The number of aliphatic hydroxyl groups excluding tert-OH is 1. The average Bonchev–Trinajstić information content (AvgIpc) is 3.12. The molecule has 1 heterocycles. The molecule has 1 aromatic carbocycles. The molecule has 2 N–H and O–H groups in total. The molecule has 2 fully saturated rings. The Kier molecular flexibility index (Phi) is 5.65. The highest BCUT2D eigenvalue weighted by Gasteiger charge is 2.68. The third-order valence-electron chi connectivity index (χ3n) is 9.21. The maximum atomic E-state index is 13.4. The lowest BCUT2D eigenvalue weighted by Crippen LogP contribution is -2.68. The molecule has 6 nitrogen and oxygen atoms in total. The molecule has 0 radical (unpaired) electrons. The van der Waals surface area contributed by atoms with Crippen LogP contribution >= 0.6 is 0 Å². The van der Waals surface area contributed by atoms with Crippen LogP contribution in [0.15, 0.2) is 53.6 Å². The fourth-order valence-corrected chi connectivity index (χ4v) is 7.14. The van der Waals surface area contributed by atoms with E-state index in [-0.39, 0.29) is 18.4 Å². The van der Waals surface area contributed by atoms with Crippen LogP contribution in [0.5, 0.6) is 0 Å². The predicted molar refractivity (Wildman–Crippen MR) is 131 cm³/mol. The highest BCUT2D eigenvalue weighted by Crippen LogP contribution is 2.62. The van der Waals surface area contributed by atoms with Crippen LogP contribution in [0.1, 0.15) is 71.2 Å². The highest BCUT2D eigenvalue weighted by atomic mass is 16.8. The number of hydrogen-bond donors (Lipinski definition) is 2. The molecule has 1 saturated carbocycles. The Bertz CT molecular complexity index is 1070. The molecule has 0 aromatic heterocycles. The van der Waals surface area contributed by atoms with Gasteiger partial charge in [0.05, 0.1) is 17.8 Å². The van der Waals surface area contributed by atoms with Gasteiger partial charge in [-0.2, -0.15) is 0 Å². The van der Waals surface area contributed by atoms with Crippen LogP contribution in [0.4, 0.5) is 0 Å². The van der Waals surface area contributed by atoms with Gasteiger partial charge in [0.2, 0.25) is 0 Å². The molecule has 3 aliphatic carbocycles. The molecule has 1 aromatic rings. The van der Waals surface area contributed by atoms with Crippen molar-refractivity contribution in [3.05, 3.63) is 59.2 Å². The second kappa shape index (κ2) is 8.01. The van der Waals surface area contributed by atoms with Crippen molar-refractivity contribution in [3.8, 4) is 0 Å². The van der Waals surface area contributed by atoms with E-state index in [1.807, 2.05) is 40.7 Å². The SMILES string of the molecule is CC1=C2[C@H]3OC(C)(C)O[C@@H]3[C@]3(C)CCC=C[C@H]3[C@H](OC(=O)c3ccccc3)[C@](O)(C[C@@H]1O)C2(C)C. The van der Waals surface area contributed by atoms with Gasteiger partial charge < -0.3 is 24.4 Å². The molecule has 35 heavy (non-hydrogen) atoms. The van der Waals surface area contributed by atoms with Gasteiger partial charge in [-0.05, 0) is 56.9 Å². The largest absolute Gasteiger partial charge is 0.455 e. The summed E-state index contributed by atoms with van der Waals surface area (Å²) in [4.78, 5) is 13.4. The van der Waals surface area contributed by atoms with E-state index < -0.39 is 46.5 Å². The van der Waals surface area contributed by atoms with E-state index in [2.05, 4.69) is 19.1 Å². The fourth-order valence-electron chi connectivity index (χ4n) is 7.14. The number of hydrogen-bond acceptors (Lipinski definition) is 6. The highest BCUT2D eigenvalue weighted by molar-refractivity contribution is 5.89. The summed E-state index contributed by atoms with van der Waals surface area (Å²) >= 11 is 0. The summed E-state index contributed by atoms with van der Waals surface area (Å²) in [7, 11) is 0. The van der Waals surface area contributed by atoms with E-state index in [1.54, 1.807) is 24.3 Å². The van der Waals surface area contributed by atoms with Gasteiger partial charge in [-0.1, -0.05) is 51.1 Å². The van der Waals surface area contributed by atoms with Crippen LogP contribution in [0, 0.1) is 16.7 Å². The lowest BCUT2D eigenvalue weighted by Gasteiger charge is -2.60. The monoisotopic (exact) mass is 482 g/mol. The van der Waals surface area contributed by atoms with E-state index in [0.29, 0.717) is 5.56 Å². The molecule has 0 amide bonds. The summed E-state index contributed by atoms with van der Waals surface area (Å²) in [6.45, 7) is 11.9. The molecule has 7 atom stereocenters. The topological polar surface area (TPSA) is 85.2 Å². The zero-order chi connectivity index (χ0) is 25.4. The van der Waals surface area contributed by atoms with Crippen molar-refractivity contribution in [2.24, 2.45) is 16.7 Å². The predicted octanol–water partition coefficient (Wildman–Crippen LogP) is 4.56. The van der Waals surface area contributed by atoms with Gasteiger partial charge in [0, 0.05) is 23.2 Å². The van der Waals surface area contributed by atoms with Crippen LogP contribution in [-0.4, -0.2) is 52.0 Å². The van der Waals surface area contributed by atoms with E-state index in [1.165, 1.54) is 0 Å². The molecule has 190 valence electrons. The number of allylic oxidation sites excluding steroid dienone is 1. The Hall–Kier alpha value is -1.99. The number of esters is 1. The third kappa shape index (κ3) is 3.56. The number of benzene rings is 1. The van der Waals surface area contributed by atoms with E-state index in [0.717, 1.165) is 24.0 Å². The van der Waals surface area contributed by atoms with Crippen molar-refractivity contribution in [2.45, 2.75) is 96.6 Å². The Balaban J connectivity index is 1.73. The van der Waals surface area contributed by atoms with Gasteiger partial charge in [0.1, 0.15) is 17.8 Å². The van der Waals surface area contributed by atoms with Gasteiger partial charge in [-0.15, -0.1) is 0 Å².